The molecular formula is C84H152N4O18P2. The maximum Gasteiger partial charge on any atom is 0.327 e. The SMILES string of the molecule is CCCCCC/C=C\CCCC(=O)O[C@H](CCCCCCC)CC(=O)NC(COCCC(O)CCCCCCC)COP(C)(=O)OCCNC(=O)c1cccc(C(=O)NCCOP(C)(=O)OCC(COCCC(O)CCCCCCC)NC(=O)C[C@@H](CCCCCCC)OC(=O)CCC/C=C\CCCCCC)c1. The van der Waals surface area contributed by atoms with Gasteiger partial charge in [-0.3, -0.25) is 37.9 Å². The number of carbonyl (C=O) groups excluding carboxylic acids is 6. The van der Waals surface area contributed by atoms with E-state index in [9.17, 15) is 48.1 Å². The van der Waals surface area contributed by atoms with Crippen molar-refractivity contribution in [2.45, 2.75) is 361 Å². The molecule has 0 bridgehead atoms. The molecule has 6 N–H and O–H groups in total. The van der Waals surface area contributed by atoms with Crippen molar-refractivity contribution in [3.05, 3.63) is 59.7 Å². The predicted molar refractivity (Wildman–Crippen MR) is 435 cm³/mol. The minimum absolute atomic E-state index is 0.0179. The Morgan fingerprint density at radius 1 is 0.398 bits per heavy atom. The second kappa shape index (κ2) is 69.4. The molecule has 1 aromatic rings. The van der Waals surface area contributed by atoms with Crippen molar-refractivity contribution >= 4 is 50.8 Å². The number of allylic oxidation sites excluding steroid dienone is 4. The van der Waals surface area contributed by atoms with E-state index in [-0.39, 0.29) is 127 Å². The van der Waals surface area contributed by atoms with Gasteiger partial charge in [-0.15, -0.1) is 0 Å². The molecule has 22 nitrogen and oxygen atoms in total. The lowest BCUT2D eigenvalue weighted by Gasteiger charge is -2.23. The van der Waals surface area contributed by atoms with Crippen molar-refractivity contribution in [3.8, 4) is 0 Å². The van der Waals surface area contributed by atoms with Crippen LogP contribution in [0.5, 0.6) is 0 Å². The van der Waals surface area contributed by atoms with E-state index in [0.717, 1.165) is 167 Å². The Morgan fingerprint density at radius 2 is 0.722 bits per heavy atom. The Labute approximate surface area is 653 Å². The normalized spacial score (nSPS) is 14.5. The van der Waals surface area contributed by atoms with Gasteiger partial charge in [0.1, 0.15) is 12.2 Å². The van der Waals surface area contributed by atoms with E-state index in [0.29, 0.717) is 51.4 Å². The summed E-state index contributed by atoms with van der Waals surface area (Å²) in [5, 5.41) is 32.6. The number of hydrogen-bond acceptors (Lipinski definition) is 18. The lowest BCUT2D eigenvalue weighted by Crippen LogP contribution is -2.43. The van der Waals surface area contributed by atoms with Crippen LogP contribution in [0.15, 0.2) is 48.6 Å². The summed E-state index contributed by atoms with van der Waals surface area (Å²) in [6, 6.07) is 4.44. The molecular weight excluding hydrogens is 1410 g/mol. The predicted octanol–water partition coefficient (Wildman–Crippen LogP) is 18.8. The van der Waals surface area contributed by atoms with Gasteiger partial charge in [0.05, 0.1) is 76.8 Å². The van der Waals surface area contributed by atoms with E-state index >= 15 is 0 Å². The van der Waals surface area contributed by atoms with Crippen LogP contribution in [-0.2, 0) is 65.4 Å². The van der Waals surface area contributed by atoms with Crippen LogP contribution in [0, 0.1) is 0 Å². The molecule has 0 heterocycles. The van der Waals surface area contributed by atoms with Crippen molar-refractivity contribution in [1.82, 2.24) is 21.3 Å². The Morgan fingerprint density at radius 3 is 1.07 bits per heavy atom. The van der Waals surface area contributed by atoms with E-state index in [1.54, 1.807) is 6.07 Å². The number of unbranched alkanes of at least 4 members (excludes halogenated alkanes) is 26. The van der Waals surface area contributed by atoms with E-state index in [1.165, 1.54) is 70.1 Å². The van der Waals surface area contributed by atoms with Gasteiger partial charge in [0.2, 0.25) is 11.8 Å². The van der Waals surface area contributed by atoms with Gasteiger partial charge >= 0.3 is 27.1 Å². The average molecular weight is 1570 g/mol. The molecule has 0 fully saturated rings. The Bertz CT molecular complexity index is 2430. The number of benzene rings is 1. The molecule has 0 aromatic heterocycles. The standard InChI is InChI=1S/C84H152N4O18P2/c1-9-15-21-27-29-31-33-39-45-54-81(93)105-77(52-43-37-25-19-13-5)65-79(91)87-73(67-99-60-56-75(89)50-41-35-23-17-11-3)69-103-107(7,97)101-62-58-85-83(95)71-48-47-49-72(64-71)84(96)86-59-63-102-108(8,98)104-70-74(68-100-61-57-76(90)51-42-36-24-18-12-4)88-80(92)66-78(53-44-38-26-20-14-6)106-82(94)55-46-40-34-32-30-28-22-16-10-2/h31-34,47-49,64,73-78,89-90H,9-30,35-46,50-63,65-70H2,1-8H3,(H,85,95)(H,86,96)(H,87,91)(H,88,92)/b33-31-,34-32-/t73?,74?,75?,76?,77-,78-,107?,108?/m1/s1. The van der Waals surface area contributed by atoms with Crippen LogP contribution < -0.4 is 21.3 Å². The van der Waals surface area contributed by atoms with Crippen molar-refractivity contribution in [2.75, 3.05) is 79.3 Å². The van der Waals surface area contributed by atoms with Gasteiger partial charge in [0.15, 0.2) is 0 Å². The number of aliphatic hydroxyl groups excluding tert-OH is 2. The first-order chi connectivity index (χ1) is 52.2. The summed E-state index contributed by atoms with van der Waals surface area (Å²) in [6.45, 7) is 14.9. The second-order valence-corrected chi connectivity index (χ2v) is 33.4. The van der Waals surface area contributed by atoms with E-state index in [4.69, 9.17) is 37.0 Å². The van der Waals surface area contributed by atoms with Crippen molar-refractivity contribution in [2.24, 2.45) is 0 Å². The first-order valence-electron chi connectivity index (χ1n) is 42.4. The summed E-state index contributed by atoms with van der Waals surface area (Å²) in [5.41, 5.74) is 0.315. The molecule has 0 saturated heterocycles. The molecule has 0 radical (unpaired) electrons. The number of rotatable bonds is 76. The third-order valence-electron chi connectivity index (χ3n) is 18.6. The third-order valence-corrected chi connectivity index (χ3v) is 21.2. The summed E-state index contributed by atoms with van der Waals surface area (Å²) in [7, 11) is -7.58. The van der Waals surface area contributed by atoms with Crippen LogP contribution in [0.4, 0.5) is 0 Å². The fraction of sp³-hybridized carbons (Fsp3) is 0.810. The number of hydrogen-bond donors (Lipinski definition) is 6. The molecule has 0 aliphatic heterocycles. The topological polar surface area (TPSA) is 299 Å². The second-order valence-electron chi connectivity index (χ2n) is 29.3. The monoisotopic (exact) mass is 1570 g/mol. The fourth-order valence-electron chi connectivity index (χ4n) is 12.1. The molecule has 1 aromatic carbocycles. The minimum atomic E-state index is -3.79. The molecule has 6 unspecified atom stereocenters. The zero-order valence-electron chi connectivity index (χ0n) is 68.6. The Hall–Kier alpha value is -4.34. The summed E-state index contributed by atoms with van der Waals surface area (Å²) in [5.74, 6) is -2.54. The van der Waals surface area contributed by atoms with Crippen molar-refractivity contribution < 1.29 is 85.2 Å². The highest BCUT2D eigenvalue weighted by atomic mass is 31.2. The zero-order chi connectivity index (χ0) is 79.4. The van der Waals surface area contributed by atoms with Crippen LogP contribution in [0.2, 0.25) is 0 Å². The molecule has 626 valence electrons. The number of carbonyl (C=O) groups is 6. The van der Waals surface area contributed by atoms with Gasteiger partial charge in [-0.2, -0.15) is 0 Å². The van der Waals surface area contributed by atoms with Gasteiger partial charge in [-0.25, -0.2) is 0 Å². The van der Waals surface area contributed by atoms with Crippen LogP contribution in [0.25, 0.3) is 0 Å². The molecule has 8 atom stereocenters. The van der Waals surface area contributed by atoms with Crippen LogP contribution in [0.1, 0.15) is 345 Å². The van der Waals surface area contributed by atoms with Gasteiger partial charge in [-0.1, -0.05) is 226 Å². The molecule has 0 aliphatic rings. The molecule has 24 heteroatoms. The summed E-state index contributed by atoms with van der Waals surface area (Å²) >= 11 is 0. The van der Waals surface area contributed by atoms with Gasteiger partial charge in [-0.05, 0) is 121 Å². The largest absolute Gasteiger partial charge is 0.462 e. The highest BCUT2D eigenvalue weighted by Gasteiger charge is 2.27. The first kappa shape index (κ1) is 102. The average Bonchev–Trinajstić information content (AvgIpc) is 0.867. The summed E-state index contributed by atoms with van der Waals surface area (Å²) in [4.78, 5) is 80.5. The molecule has 0 saturated carbocycles. The van der Waals surface area contributed by atoms with Crippen LogP contribution in [0.3, 0.4) is 0 Å². The lowest BCUT2D eigenvalue weighted by atomic mass is 10.1. The lowest BCUT2D eigenvalue weighted by molar-refractivity contribution is -0.152. The summed E-state index contributed by atoms with van der Waals surface area (Å²) < 4.78 is 74.2. The number of ether oxygens (including phenoxy) is 4. The number of amides is 4. The van der Waals surface area contributed by atoms with Gasteiger partial charge in [0.25, 0.3) is 11.8 Å². The number of aliphatic hydroxyl groups is 2. The van der Waals surface area contributed by atoms with E-state index in [2.05, 4.69) is 87.1 Å². The smallest absolute Gasteiger partial charge is 0.327 e. The maximum absolute atomic E-state index is 13.8. The number of esters is 2. The molecule has 1 rings (SSSR count). The fourth-order valence-corrected chi connectivity index (χ4v) is 14.0. The van der Waals surface area contributed by atoms with E-state index in [1.807, 2.05) is 0 Å². The van der Waals surface area contributed by atoms with E-state index < -0.39 is 63.5 Å². The molecule has 4 amide bonds. The highest BCUT2D eigenvalue weighted by Crippen LogP contribution is 2.44. The highest BCUT2D eigenvalue weighted by molar-refractivity contribution is 7.53. The van der Waals surface area contributed by atoms with Crippen molar-refractivity contribution in [1.29, 1.82) is 0 Å². The molecule has 0 spiro atoms. The van der Waals surface area contributed by atoms with Crippen molar-refractivity contribution in [3.63, 3.8) is 0 Å². The first-order valence-corrected chi connectivity index (χ1v) is 46.4. The van der Waals surface area contributed by atoms with Gasteiger partial charge < -0.3 is 68.5 Å². The maximum atomic E-state index is 13.8. The van der Waals surface area contributed by atoms with Crippen LogP contribution >= 0.6 is 15.2 Å². The molecule has 108 heavy (non-hydrogen) atoms. The molecule has 0 aliphatic carbocycles. The Balaban J connectivity index is 2.99. The third kappa shape index (κ3) is 61.3. The Kier molecular flexibility index (Phi) is 65.3. The minimum Gasteiger partial charge on any atom is -0.462 e. The number of nitrogens with one attached hydrogen (secondary N) is 4. The quantitative estimate of drug-likeness (QED) is 0.0153. The van der Waals surface area contributed by atoms with Gasteiger partial charge in [0, 0.05) is 63.6 Å². The van der Waals surface area contributed by atoms with Crippen LogP contribution in [-0.4, -0.2) is 162 Å². The zero-order valence-corrected chi connectivity index (χ0v) is 70.4. The summed E-state index contributed by atoms with van der Waals surface area (Å²) in [6.07, 6.45) is 45.1.